The number of carboxylic acid groups (broad SMARTS) is 1. The molecule has 0 aromatic heterocycles. The largest absolute Gasteiger partial charge is 0.514 e. The van der Waals surface area contributed by atoms with Gasteiger partial charge in [0.25, 0.3) is 0 Å². The van der Waals surface area contributed by atoms with Crippen molar-refractivity contribution >= 4 is 24.4 Å². The van der Waals surface area contributed by atoms with Gasteiger partial charge in [-0.3, -0.25) is 4.79 Å². The minimum absolute atomic E-state index is 0.183. The first kappa shape index (κ1) is 34.5. The Balaban J connectivity index is 3.49. The van der Waals surface area contributed by atoms with Gasteiger partial charge in [-0.25, -0.2) is 14.4 Å². The van der Waals surface area contributed by atoms with Gasteiger partial charge in [-0.2, -0.15) is 0 Å². The summed E-state index contributed by atoms with van der Waals surface area (Å²) in [5.41, 5.74) is 3.83. The lowest BCUT2D eigenvalue weighted by Crippen LogP contribution is -2.43. The lowest BCUT2D eigenvalue weighted by atomic mass is 9.79. The van der Waals surface area contributed by atoms with Gasteiger partial charge in [0.2, 0.25) is 0 Å². The number of carbonyl (C=O) groups excluding carboxylic acids is 3. The zero-order chi connectivity index (χ0) is 31.2. The second-order valence-corrected chi connectivity index (χ2v) is 12.4. The Kier molecular flexibility index (Phi) is 11.4. The molecule has 0 bridgehead atoms. The van der Waals surface area contributed by atoms with Crippen LogP contribution in [0.25, 0.3) is 0 Å². The summed E-state index contributed by atoms with van der Waals surface area (Å²) < 4.78 is 31.6. The third kappa shape index (κ3) is 12.1. The number of benzene rings is 1. The van der Waals surface area contributed by atoms with Crippen LogP contribution >= 0.6 is 0 Å². The monoisotopic (exact) mass is 569 g/mol. The molecule has 40 heavy (non-hydrogen) atoms. The van der Waals surface area contributed by atoms with E-state index in [9.17, 15) is 24.3 Å². The van der Waals surface area contributed by atoms with Gasteiger partial charge < -0.3 is 39.3 Å². The molecule has 1 rings (SSSR count). The molecule has 0 fully saturated rings. The number of hydrogen-bond donors (Lipinski definition) is 2. The fraction of sp³-hybridized carbons (Fsp3) is 0.643. The van der Waals surface area contributed by atoms with Crippen molar-refractivity contribution in [2.75, 3.05) is 0 Å². The molecule has 0 heterocycles. The van der Waals surface area contributed by atoms with Gasteiger partial charge in [-0.05, 0) is 86.9 Å². The summed E-state index contributed by atoms with van der Waals surface area (Å²) in [5, 5.41) is 9.75. The Labute approximate surface area is 235 Å². The molecule has 3 unspecified atom stereocenters. The second-order valence-electron chi connectivity index (χ2n) is 12.4. The van der Waals surface area contributed by atoms with Crippen molar-refractivity contribution in [3.63, 3.8) is 0 Å². The van der Waals surface area contributed by atoms with Crippen LogP contribution in [0.4, 0.5) is 14.4 Å². The number of nitrogens with two attached hydrogens (primary N) is 1. The molecule has 0 aliphatic heterocycles. The first-order chi connectivity index (χ1) is 18.0. The van der Waals surface area contributed by atoms with Crippen molar-refractivity contribution in [1.82, 2.24) is 0 Å². The van der Waals surface area contributed by atoms with E-state index < -0.39 is 65.2 Å². The fourth-order valence-electron chi connectivity index (χ4n) is 3.43. The molecule has 0 saturated carbocycles. The molecule has 4 atom stereocenters. The van der Waals surface area contributed by atoms with Crippen LogP contribution in [-0.4, -0.2) is 58.5 Å². The summed E-state index contributed by atoms with van der Waals surface area (Å²) in [4.78, 5) is 49.0. The van der Waals surface area contributed by atoms with Crippen molar-refractivity contribution in [3.8, 4) is 11.5 Å². The zero-order valence-electron chi connectivity index (χ0n) is 25.1. The molecule has 3 N–H and O–H groups in total. The Hall–Kier alpha value is -3.54. The van der Waals surface area contributed by atoms with E-state index in [1.807, 2.05) is 0 Å². The molecule has 12 heteroatoms. The molecule has 12 nitrogen and oxygen atoms in total. The van der Waals surface area contributed by atoms with Crippen molar-refractivity contribution in [2.24, 2.45) is 11.7 Å². The number of rotatable bonds is 8. The van der Waals surface area contributed by atoms with Crippen LogP contribution in [0.5, 0.6) is 11.5 Å². The van der Waals surface area contributed by atoms with Gasteiger partial charge in [-0.15, -0.1) is 0 Å². The third-order valence-corrected chi connectivity index (χ3v) is 5.17. The van der Waals surface area contributed by atoms with Crippen molar-refractivity contribution in [2.45, 2.75) is 111 Å². The summed E-state index contributed by atoms with van der Waals surface area (Å²) in [7, 11) is 0. The van der Waals surface area contributed by atoms with Gasteiger partial charge in [0, 0.05) is 11.8 Å². The van der Waals surface area contributed by atoms with Crippen LogP contribution < -0.4 is 15.2 Å². The summed E-state index contributed by atoms with van der Waals surface area (Å²) in [6.45, 7) is 18.1. The first-order valence-electron chi connectivity index (χ1n) is 12.8. The average molecular weight is 570 g/mol. The zero-order valence-corrected chi connectivity index (χ0v) is 25.1. The Morgan fingerprint density at radius 2 is 1.15 bits per heavy atom. The molecule has 1 aromatic rings. The minimum Gasteiger partial charge on any atom is -0.480 e. The number of aliphatic carboxylic acids is 1. The summed E-state index contributed by atoms with van der Waals surface area (Å²) in [5.74, 6) is -3.35. The van der Waals surface area contributed by atoms with Gasteiger partial charge in [0.15, 0.2) is 11.5 Å². The fourth-order valence-corrected chi connectivity index (χ4v) is 3.43. The minimum atomic E-state index is -1.45. The molecule has 0 spiro atoms. The van der Waals surface area contributed by atoms with Gasteiger partial charge in [0.05, 0.1) is 0 Å². The van der Waals surface area contributed by atoms with E-state index in [4.69, 9.17) is 34.2 Å². The molecular formula is C28H43NO11. The maximum atomic E-state index is 12.5. The van der Waals surface area contributed by atoms with Crippen molar-refractivity contribution in [3.05, 3.63) is 23.8 Å². The lowest BCUT2D eigenvalue weighted by Gasteiger charge is -2.32. The van der Waals surface area contributed by atoms with E-state index in [0.29, 0.717) is 5.56 Å². The normalized spacial score (nSPS) is 15.1. The molecule has 0 aliphatic carbocycles. The Morgan fingerprint density at radius 1 is 0.725 bits per heavy atom. The molecule has 226 valence electrons. The van der Waals surface area contributed by atoms with Crippen LogP contribution in [0, 0.1) is 5.92 Å². The van der Waals surface area contributed by atoms with Crippen molar-refractivity contribution < 1.29 is 52.7 Å². The number of carbonyl (C=O) groups is 4. The van der Waals surface area contributed by atoms with Gasteiger partial charge in [-0.1, -0.05) is 13.0 Å². The lowest BCUT2D eigenvalue weighted by molar-refractivity contribution is -0.139. The van der Waals surface area contributed by atoms with E-state index in [-0.39, 0.29) is 11.5 Å². The number of carboxylic acids is 1. The Bertz CT molecular complexity index is 1060. The van der Waals surface area contributed by atoms with E-state index >= 15 is 0 Å². The van der Waals surface area contributed by atoms with Crippen LogP contribution in [0.2, 0.25) is 0 Å². The molecular weight excluding hydrogens is 526 g/mol. The molecule has 0 amide bonds. The first-order valence-corrected chi connectivity index (χ1v) is 12.8. The average Bonchev–Trinajstić information content (AvgIpc) is 2.71. The number of hydrogen-bond acceptors (Lipinski definition) is 11. The number of ether oxygens (including phenoxy) is 6. The highest BCUT2D eigenvalue weighted by atomic mass is 16.8. The summed E-state index contributed by atoms with van der Waals surface area (Å²) >= 11 is 0. The highest BCUT2D eigenvalue weighted by molar-refractivity contribution is 5.75. The van der Waals surface area contributed by atoms with E-state index in [0.717, 1.165) is 0 Å². The maximum Gasteiger partial charge on any atom is 0.514 e. The van der Waals surface area contributed by atoms with Crippen LogP contribution in [0.1, 0.15) is 87.6 Å². The quantitative estimate of drug-likeness (QED) is 0.220. The third-order valence-electron chi connectivity index (χ3n) is 5.17. The van der Waals surface area contributed by atoms with E-state index in [2.05, 4.69) is 0 Å². The summed E-state index contributed by atoms with van der Waals surface area (Å²) in [6.07, 6.45) is -3.91. The highest BCUT2D eigenvalue weighted by Gasteiger charge is 2.36. The maximum absolute atomic E-state index is 12.5. The smallest absolute Gasteiger partial charge is 0.480 e. The second kappa shape index (κ2) is 13.2. The molecule has 0 aliphatic rings. The van der Waals surface area contributed by atoms with Crippen LogP contribution in [-0.2, 0) is 23.7 Å². The van der Waals surface area contributed by atoms with Gasteiger partial charge in [0.1, 0.15) is 28.9 Å². The van der Waals surface area contributed by atoms with Crippen LogP contribution in [0.15, 0.2) is 18.2 Å². The van der Waals surface area contributed by atoms with Crippen LogP contribution in [0.3, 0.4) is 0 Å². The Morgan fingerprint density at radius 3 is 1.57 bits per heavy atom. The molecule has 0 saturated heterocycles. The van der Waals surface area contributed by atoms with Gasteiger partial charge >= 0.3 is 24.4 Å². The predicted molar refractivity (Wildman–Crippen MR) is 144 cm³/mol. The van der Waals surface area contributed by atoms with E-state index in [1.54, 1.807) is 76.2 Å². The predicted octanol–water partition coefficient (Wildman–Crippen LogP) is 5.79. The summed E-state index contributed by atoms with van der Waals surface area (Å²) in [6, 6.07) is 2.64. The molecule has 1 aromatic carbocycles. The highest BCUT2D eigenvalue weighted by Crippen LogP contribution is 2.38. The SMILES string of the molecule is CC(OC(=O)OC(C)(C)C)C(C)C(c1ccc(OC(=O)OC(C)(C)C)c(OC(=O)OC(C)(C)C)c1)[C@H](N)C(=O)O. The topological polar surface area (TPSA) is 170 Å². The standard InChI is InChI=1S/C28H43NO11/c1-15(16(2)35-23(32)38-26(3,4)5)20(21(29)22(30)31)17-12-13-18(36-24(33)39-27(6,7)8)19(14-17)37-25(34)40-28(9,10)11/h12-16,20-21H,29H2,1-11H3,(H,30,31)/t15?,16?,20?,21-/m0/s1. The van der Waals surface area contributed by atoms with E-state index in [1.165, 1.54) is 18.2 Å². The molecule has 0 radical (unpaired) electrons. The van der Waals surface area contributed by atoms with Crippen molar-refractivity contribution in [1.29, 1.82) is 0 Å².